The number of rotatable bonds is 3. The topological polar surface area (TPSA) is 77.2 Å². The SMILES string of the molecule is COc1ccc(NC(=O)c2cnc(C)cc2N)cc1Cl. The molecule has 104 valence electrons. The molecule has 0 aliphatic carbocycles. The number of halogens is 1. The van der Waals surface area contributed by atoms with Crippen LogP contribution in [0.5, 0.6) is 5.75 Å². The molecular formula is C14H14ClN3O2. The number of aromatic nitrogens is 1. The van der Waals surface area contributed by atoms with E-state index in [-0.39, 0.29) is 5.91 Å². The average molecular weight is 292 g/mol. The van der Waals surface area contributed by atoms with Crippen LogP contribution in [0, 0.1) is 6.92 Å². The van der Waals surface area contributed by atoms with Crippen LogP contribution in [0.3, 0.4) is 0 Å². The van der Waals surface area contributed by atoms with Crippen LogP contribution in [-0.2, 0) is 0 Å². The molecule has 0 radical (unpaired) electrons. The number of methoxy groups -OCH3 is 1. The molecule has 0 saturated carbocycles. The first-order chi connectivity index (χ1) is 9.51. The Kier molecular flexibility index (Phi) is 4.10. The summed E-state index contributed by atoms with van der Waals surface area (Å²) in [5.41, 5.74) is 7.82. The lowest BCUT2D eigenvalue weighted by Gasteiger charge is -2.09. The molecular weight excluding hydrogens is 278 g/mol. The number of pyridine rings is 1. The van der Waals surface area contributed by atoms with E-state index in [4.69, 9.17) is 22.1 Å². The van der Waals surface area contributed by atoms with Gasteiger partial charge >= 0.3 is 0 Å². The number of carbonyl (C=O) groups excluding carboxylic acids is 1. The second kappa shape index (κ2) is 5.79. The molecule has 1 aromatic heterocycles. The van der Waals surface area contributed by atoms with Gasteiger partial charge in [0.15, 0.2) is 0 Å². The minimum atomic E-state index is -0.337. The Morgan fingerprint density at radius 3 is 2.75 bits per heavy atom. The number of ether oxygens (including phenoxy) is 1. The molecule has 0 aliphatic rings. The molecule has 0 bridgehead atoms. The van der Waals surface area contributed by atoms with Crippen LogP contribution in [-0.4, -0.2) is 18.0 Å². The third-order valence-corrected chi connectivity index (χ3v) is 3.02. The Bertz CT molecular complexity index is 659. The van der Waals surface area contributed by atoms with E-state index in [2.05, 4.69) is 10.3 Å². The van der Waals surface area contributed by atoms with Gasteiger partial charge in [-0.25, -0.2) is 0 Å². The molecule has 0 aliphatic heterocycles. The maximum absolute atomic E-state index is 12.1. The highest BCUT2D eigenvalue weighted by atomic mass is 35.5. The van der Waals surface area contributed by atoms with Gasteiger partial charge < -0.3 is 15.8 Å². The molecule has 0 fully saturated rings. The predicted molar refractivity (Wildman–Crippen MR) is 79.3 cm³/mol. The second-order valence-corrected chi connectivity index (χ2v) is 4.62. The lowest BCUT2D eigenvalue weighted by atomic mass is 10.2. The van der Waals surface area contributed by atoms with Crippen molar-refractivity contribution in [3.63, 3.8) is 0 Å². The quantitative estimate of drug-likeness (QED) is 0.911. The van der Waals surface area contributed by atoms with E-state index in [0.29, 0.717) is 27.7 Å². The highest BCUT2D eigenvalue weighted by Crippen LogP contribution is 2.27. The number of carbonyl (C=O) groups is 1. The van der Waals surface area contributed by atoms with E-state index in [1.165, 1.54) is 13.3 Å². The number of benzene rings is 1. The monoisotopic (exact) mass is 291 g/mol. The largest absolute Gasteiger partial charge is 0.495 e. The summed E-state index contributed by atoms with van der Waals surface area (Å²) < 4.78 is 5.05. The Hall–Kier alpha value is -2.27. The number of amides is 1. The number of anilines is 2. The molecule has 5 nitrogen and oxygen atoms in total. The van der Waals surface area contributed by atoms with Gasteiger partial charge in [-0.2, -0.15) is 0 Å². The van der Waals surface area contributed by atoms with Gasteiger partial charge in [0.2, 0.25) is 0 Å². The maximum atomic E-state index is 12.1. The fraction of sp³-hybridized carbons (Fsp3) is 0.143. The molecule has 0 unspecified atom stereocenters. The summed E-state index contributed by atoms with van der Waals surface area (Å²) in [5, 5.41) is 3.13. The van der Waals surface area contributed by atoms with Gasteiger partial charge in [-0.3, -0.25) is 9.78 Å². The van der Waals surface area contributed by atoms with Gasteiger partial charge in [-0.05, 0) is 31.2 Å². The van der Waals surface area contributed by atoms with E-state index in [9.17, 15) is 4.79 Å². The van der Waals surface area contributed by atoms with Crippen molar-refractivity contribution in [2.45, 2.75) is 6.92 Å². The third kappa shape index (κ3) is 3.00. The van der Waals surface area contributed by atoms with Gasteiger partial charge in [0.25, 0.3) is 5.91 Å². The van der Waals surface area contributed by atoms with Crippen molar-refractivity contribution >= 4 is 28.9 Å². The molecule has 3 N–H and O–H groups in total. The first kappa shape index (κ1) is 14.1. The van der Waals surface area contributed by atoms with Crippen molar-refractivity contribution in [3.05, 3.63) is 46.7 Å². The van der Waals surface area contributed by atoms with Crippen molar-refractivity contribution < 1.29 is 9.53 Å². The van der Waals surface area contributed by atoms with Gasteiger partial charge in [0.1, 0.15) is 5.75 Å². The second-order valence-electron chi connectivity index (χ2n) is 4.22. The molecule has 6 heteroatoms. The fourth-order valence-electron chi connectivity index (χ4n) is 1.71. The Morgan fingerprint density at radius 2 is 2.15 bits per heavy atom. The van der Waals surface area contributed by atoms with Gasteiger partial charge in [-0.1, -0.05) is 11.6 Å². The first-order valence-electron chi connectivity index (χ1n) is 5.88. The van der Waals surface area contributed by atoms with Crippen molar-refractivity contribution in [1.29, 1.82) is 0 Å². The number of aryl methyl sites for hydroxylation is 1. The smallest absolute Gasteiger partial charge is 0.259 e. The summed E-state index contributed by atoms with van der Waals surface area (Å²) in [6.45, 7) is 1.81. The third-order valence-electron chi connectivity index (χ3n) is 2.73. The first-order valence-corrected chi connectivity index (χ1v) is 6.26. The normalized spacial score (nSPS) is 10.2. The van der Waals surface area contributed by atoms with E-state index < -0.39 is 0 Å². The lowest BCUT2D eigenvalue weighted by Crippen LogP contribution is -2.14. The van der Waals surface area contributed by atoms with E-state index >= 15 is 0 Å². The summed E-state index contributed by atoms with van der Waals surface area (Å²) >= 11 is 6.00. The number of nitrogens with zero attached hydrogens (tertiary/aromatic N) is 1. The zero-order valence-electron chi connectivity index (χ0n) is 11.1. The predicted octanol–water partition coefficient (Wildman–Crippen LogP) is 2.89. The molecule has 2 rings (SSSR count). The van der Waals surface area contributed by atoms with Crippen LogP contribution in [0.15, 0.2) is 30.5 Å². The summed E-state index contributed by atoms with van der Waals surface area (Å²) in [5.74, 6) is 0.206. The summed E-state index contributed by atoms with van der Waals surface area (Å²) in [7, 11) is 1.53. The highest BCUT2D eigenvalue weighted by molar-refractivity contribution is 6.32. The molecule has 1 amide bonds. The maximum Gasteiger partial charge on any atom is 0.259 e. The van der Waals surface area contributed by atoms with Crippen molar-refractivity contribution in [1.82, 2.24) is 4.98 Å². The average Bonchev–Trinajstić information content (AvgIpc) is 2.38. The van der Waals surface area contributed by atoms with E-state index in [0.717, 1.165) is 5.69 Å². The Balaban J connectivity index is 2.21. The number of hydrogen-bond acceptors (Lipinski definition) is 4. The van der Waals surface area contributed by atoms with Crippen molar-refractivity contribution in [3.8, 4) is 5.75 Å². The molecule has 1 heterocycles. The van der Waals surface area contributed by atoms with Crippen LogP contribution < -0.4 is 15.8 Å². The molecule has 0 atom stereocenters. The Morgan fingerprint density at radius 1 is 1.40 bits per heavy atom. The minimum absolute atomic E-state index is 0.322. The fourth-order valence-corrected chi connectivity index (χ4v) is 1.97. The summed E-state index contributed by atoms with van der Waals surface area (Å²) in [6.07, 6.45) is 1.45. The summed E-state index contributed by atoms with van der Waals surface area (Å²) in [6, 6.07) is 6.63. The van der Waals surface area contributed by atoms with Gasteiger partial charge in [0, 0.05) is 23.3 Å². The zero-order valence-corrected chi connectivity index (χ0v) is 11.9. The number of nitrogens with one attached hydrogen (secondary N) is 1. The Labute approximate surface area is 121 Å². The summed E-state index contributed by atoms with van der Waals surface area (Å²) in [4.78, 5) is 16.2. The zero-order chi connectivity index (χ0) is 14.7. The van der Waals surface area contributed by atoms with E-state index in [1.54, 1.807) is 31.2 Å². The number of nitrogen functional groups attached to an aromatic ring is 1. The molecule has 0 spiro atoms. The van der Waals surface area contributed by atoms with Crippen molar-refractivity contribution in [2.24, 2.45) is 0 Å². The highest BCUT2D eigenvalue weighted by Gasteiger charge is 2.11. The van der Waals surface area contributed by atoms with Crippen LogP contribution in [0.2, 0.25) is 5.02 Å². The molecule has 1 aromatic carbocycles. The van der Waals surface area contributed by atoms with Crippen molar-refractivity contribution in [2.75, 3.05) is 18.2 Å². The molecule has 2 aromatic rings. The molecule has 0 saturated heterocycles. The number of hydrogen-bond donors (Lipinski definition) is 2. The van der Waals surface area contributed by atoms with Gasteiger partial charge in [-0.15, -0.1) is 0 Å². The van der Waals surface area contributed by atoms with Crippen LogP contribution >= 0.6 is 11.6 Å². The lowest BCUT2D eigenvalue weighted by molar-refractivity contribution is 0.102. The molecule has 20 heavy (non-hydrogen) atoms. The standard InChI is InChI=1S/C14H14ClN3O2/c1-8-5-12(16)10(7-17-8)14(19)18-9-3-4-13(20-2)11(15)6-9/h3-7H,1-2H3,(H2,16,17)(H,18,19). The minimum Gasteiger partial charge on any atom is -0.495 e. The van der Waals surface area contributed by atoms with Crippen LogP contribution in [0.4, 0.5) is 11.4 Å². The van der Waals surface area contributed by atoms with Crippen LogP contribution in [0.1, 0.15) is 16.1 Å². The van der Waals surface area contributed by atoms with E-state index in [1.807, 2.05) is 0 Å². The van der Waals surface area contributed by atoms with Gasteiger partial charge in [0.05, 0.1) is 17.7 Å². The van der Waals surface area contributed by atoms with Crippen LogP contribution in [0.25, 0.3) is 0 Å². The number of nitrogens with two attached hydrogens (primary N) is 1.